The van der Waals surface area contributed by atoms with Gasteiger partial charge < -0.3 is 9.55 Å². The molecule has 22 heavy (non-hydrogen) atoms. The maximum atomic E-state index is 11.8. The molecule has 112 valence electrons. The molecule has 0 saturated carbocycles. The predicted octanol–water partition coefficient (Wildman–Crippen LogP) is 2.92. The Morgan fingerprint density at radius 1 is 1.27 bits per heavy atom. The van der Waals surface area contributed by atoms with Gasteiger partial charge in [0.2, 0.25) is 5.56 Å². The van der Waals surface area contributed by atoms with E-state index in [4.69, 9.17) is 0 Å². The lowest BCUT2D eigenvalue weighted by atomic mass is 10.1. The number of pyridine rings is 1. The number of hydrogen-bond acceptors (Lipinski definition) is 3. The van der Waals surface area contributed by atoms with Crippen molar-refractivity contribution in [3.05, 3.63) is 57.9 Å². The third-order valence-corrected chi connectivity index (χ3v) is 3.78. The van der Waals surface area contributed by atoms with Crippen LogP contribution in [-0.4, -0.2) is 20.3 Å². The fourth-order valence-electron chi connectivity index (χ4n) is 2.62. The van der Waals surface area contributed by atoms with E-state index >= 15 is 0 Å². The Morgan fingerprint density at radius 3 is 2.77 bits per heavy atom. The summed E-state index contributed by atoms with van der Waals surface area (Å²) < 4.78 is 1.90. The number of imidazole rings is 1. The number of aryl methyl sites for hydroxylation is 2. The first-order valence-electron chi connectivity index (χ1n) is 7.23. The first-order chi connectivity index (χ1) is 10.5. The van der Waals surface area contributed by atoms with Gasteiger partial charge in [-0.2, -0.15) is 0 Å². The molecule has 0 aliphatic carbocycles. The number of carbonyl (C=O) groups is 1. The Kier molecular flexibility index (Phi) is 3.41. The third kappa shape index (κ3) is 2.35. The number of H-pyrrole nitrogens is 1. The van der Waals surface area contributed by atoms with Gasteiger partial charge in [-0.25, -0.2) is 4.98 Å². The van der Waals surface area contributed by atoms with Gasteiger partial charge in [0.05, 0.1) is 5.52 Å². The van der Waals surface area contributed by atoms with Gasteiger partial charge in [0.1, 0.15) is 11.5 Å². The van der Waals surface area contributed by atoms with E-state index in [1.165, 1.54) is 6.07 Å². The van der Waals surface area contributed by atoms with Crippen molar-refractivity contribution in [2.75, 3.05) is 0 Å². The number of carbonyl (C=O) groups excluding carboxylic acids is 1. The molecule has 0 aliphatic heterocycles. The molecule has 3 rings (SSSR count). The standard InChI is InChI=1S/C17H17N3O2/c1-4-15(21)14-9-20(11(3)18-14)13-7-10(2)17-12(8-13)5-6-16(22)19-17/h5-9H,4H2,1-3H3,(H,19,22). The van der Waals surface area contributed by atoms with E-state index in [1.54, 1.807) is 12.3 Å². The molecule has 2 aromatic heterocycles. The van der Waals surface area contributed by atoms with E-state index in [-0.39, 0.29) is 11.3 Å². The predicted molar refractivity (Wildman–Crippen MR) is 85.8 cm³/mol. The molecule has 0 atom stereocenters. The quantitative estimate of drug-likeness (QED) is 0.755. The molecule has 0 saturated heterocycles. The van der Waals surface area contributed by atoms with Gasteiger partial charge in [-0.1, -0.05) is 6.92 Å². The number of benzene rings is 1. The molecule has 0 spiro atoms. The van der Waals surface area contributed by atoms with Gasteiger partial charge in [0.15, 0.2) is 5.78 Å². The summed E-state index contributed by atoms with van der Waals surface area (Å²) in [5.74, 6) is 0.795. The second kappa shape index (κ2) is 5.26. The molecule has 5 nitrogen and oxygen atoms in total. The van der Waals surface area contributed by atoms with Crippen molar-refractivity contribution in [2.24, 2.45) is 0 Å². The lowest BCUT2D eigenvalue weighted by molar-refractivity contribution is 0.0983. The zero-order chi connectivity index (χ0) is 15.9. The highest BCUT2D eigenvalue weighted by molar-refractivity contribution is 5.94. The first kappa shape index (κ1) is 14.3. The minimum Gasteiger partial charge on any atom is -0.322 e. The molecule has 1 aromatic carbocycles. The molecule has 0 radical (unpaired) electrons. The Balaban J connectivity index is 2.18. The topological polar surface area (TPSA) is 67.8 Å². The summed E-state index contributed by atoms with van der Waals surface area (Å²) in [7, 11) is 0. The summed E-state index contributed by atoms with van der Waals surface area (Å²) in [5, 5.41) is 0.950. The molecular formula is C17H17N3O2. The minimum absolute atomic E-state index is 0.0312. The Labute approximate surface area is 127 Å². The molecule has 2 heterocycles. The fourth-order valence-corrected chi connectivity index (χ4v) is 2.62. The average Bonchev–Trinajstić information content (AvgIpc) is 2.89. The molecule has 0 fully saturated rings. The number of hydrogen-bond donors (Lipinski definition) is 1. The summed E-state index contributed by atoms with van der Waals surface area (Å²) in [6.07, 6.45) is 2.21. The summed E-state index contributed by atoms with van der Waals surface area (Å²) in [5.41, 5.74) is 3.11. The highest BCUT2D eigenvalue weighted by atomic mass is 16.1. The van der Waals surface area contributed by atoms with Crippen molar-refractivity contribution in [3.8, 4) is 5.69 Å². The lowest BCUT2D eigenvalue weighted by Crippen LogP contribution is -2.04. The summed E-state index contributed by atoms with van der Waals surface area (Å²) in [4.78, 5) is 30.4. The number of fused-ring (bicyclic) bond motifs is 1. The number of ketones is 1. The van der Waals surface area contributed by atoms with Crippen LogP contribution >= 0.6 is 0 Å². The van der Waals surface area contributed by atoms with Crippen LogP contribution in [0.4, 0.5) is 0 Å². The molecular weight excluding hydrogens is 278 g/mol. The van der Waals surface area contributed by atoms with Gasteiger partial charge in [-0.15, -0.1) is 0 Å². The molecule has 5 heteroatoms. The van der Waals surface area contributed by atoms with Crippen LogP contribution in [0.3, 0.4) is 0 Å². The Hall–Kier alpha value is -2.69. The summed E-state index contributed by atoms with van der Waals surface area (Å²) >= 11 is 0. The van der Waals surface area contributed by atoms with Crippen molar-refractivity contribution < 1.29 is 4.79 Å². The molecule has 0 amide bonds. The van der Waals surface area contributed by atoms with E-state index in [2.05, 4.69) is 9.97 Å². The maximum absolute atomic E-state index is 11.8. The van der Waals surface area contributed by atoms with Gasteiger partial charge in [0.25, 0.3) is 0 Å². The molecule has 3 aromatic rings. The second-order valence-corrected chi connectivity index (χ2v) is 5.37. The SMILES string of the molecule is CCC(=O)c1cn(-c2cc(C)c3[nH]c(=O)ccc3c2)c(C)n1. The van der Waals surface area contributed by atoms with Crippen LogP contribution in [0.1, 0.15) is 35.2 Å². The number of nitrogens with one attached hydrogen (secondary N) is 1. The van der Waals surface area contributed by atoms with E-state index in [9.17, 15) is 9.59 Å². The van der Waals surface area contributed by atoms with E-state index in [1.807, 2.05) is 37.5 Å². The number of Topliss-reactive ketones (excluding diaryl/α,β-unsaturated/α-hetero) is 1. The van der Waals surface area contributed by atoms with Crippen LogP contribution in [0.15, 0.2) is 35.3 Å². The van der Waals surface area contributed by atoms with Crippen molar-refractivity contribution in [2.45, 2.75) is 27.2 Å². The summed E-state index contributed by atoms with van der Waals surface area (Å²) in [6, 6.07) is 7.27. The molecule has 1 N–H and O–H groups in total. The second-order valence-electron chi connectivity index (χ2n) is 5.37. The van der Waals surface area contributed by atoms with E-state index in [0.717, 1.165) is 28.0 Å². The lowest BCUT2D eigenvalue weighted by Gasteiger charge is -2.09. The largest absolute Gasteiger partial charge is 0.322 e. The zero-order valence-corrected chi connectivity index (χ0v) is 12.8. The molecule has 0 aliphatic rings. The highest BCUT2D eigenvalue weighted by Gasteiger charge is 2.12. The average molecular weight is 295 g/mol. The first-order valence-corrected chi connectivity index (χ1v) is 7.23. The monoisotopic (exact) mass is 295 g/mol. The van der Waals surface area contributed by atoms with Crippen molar-refractivity contribution in [3.63, 3.8) is 0 Å². The fraction of sp³-hybridized carbons (Fsp3) is 0.235. The van der Waals surface area contributed by atoms with Crippen molar-refractivity contribution in [1.82, 2.24) is 14.5 Å². The van der Waals surface area contributed by atoms with Crippen LogP contribution in [0.5, 0.6) is 0 Å². The smallest absolute Gasteiger partial charge is 0.248 e. The van der Waals surface area contributed by atoms with Crippen LogP contribution in [0.25, 0.3) is 16.6 Å². The number of aromatic amines is 1. The summed E-state index contributed by atoms with van der Waals surface area (Å²) in [6.45, 7) is 5.65. The normalized spacial score (nSPS) is 11.0. The van der Waals surface area contributed by atoms with Gasteiger partial charge in [-0.3, -0.25) is 9.59 Å². The van der Waals surface area contributed by atoms with Gasteiger partial charge >= 0.3 is 0 Å². The van der Waals surface area contributed by atoms with Crippen LogP contribution in [-0.2, 0) is 0 Å². The van der Waals surface area contributed by atoms with Crippen LogP contribution in [0.2, 0.25) is 0 Å². The highest BCUT2D eigenvalue weighted by Crippen LogP contribution is 2.22. The van der Waals surface area contributed by atoms with E-state index in [0.29, 0.717) is 12.1 Å². The third-order valence-electron chi connectivity index (χ3n) is 3.78. The maximum Gasteiger partial charge on any atom is 0.248 e. The van der Waals surface area contributed by atoms with Crippen LogP contribution < -0.4 is 5.56 Å². The van der Waals surface area contributed by atoms with Crippen molar-refractivity contribution in [1.29, 1.82) is 0 Å². The number of rotatable bonds is 3. The van der Waals surface area contributed by atoms with Crippen LogP contribution in [0, 0.1) is 13.8 Å². The van der Waals surface area contributed by atoms with Crippen molar-refractivity contribution >= 4 is 16.7 Å². The van der Waals surface area contributed by atoms with E-state index < -0.39 is 0 Å². The Bertz CT molecular complexity index is 935. The Morgan fingerprint density at radius 2 is 2.05 bits per heavy atom. The minimum atomic E-state index is -0.113. The molecule has 0 bridgehead atoms. The molecule has 0 unspecified atom stereocenters. The number of nitrogens with zero attached hydrogens (tertiary/aromatic N) is 2. The van der Waals surface area contributed by atoms with Gasteiger partial charge in [0, 0.05) is 29.8 Å². The van der Waals surface area contributed by atoms with Gasteiger partial charge in [-0.05, 0) is 37.6 Å². The zero-order valence-electron chi connectivity index (χ0n) is 12.8. The number of aromatic nitrogens is 3.